The molecule has 0 spiro atoms. The van der Waals surface area contributed by atoms with Gasteiger partial charge in [0.05, 0.1) is 22.6 Å². The fourth-order valence-electron chi connectivity index (χ4n) is 4.19. The third kappa shape index (κ3) is 4.30. The van der Waals surface area contributed by atoms with Crippen LogP contribution in [0.2, 0.25) is 0 Å². The van der Waals surface area contributed by atoms with E-state index in [9.17, 15) is 18.0 Å². The molecule has 1 saturated heterocycles. The van der Waals surface area contributed by atoms with E-state index >= 15 is 0 Å². The van der Waals surface area contributed by atoms with Gasteiger partial charge in [0.2, 0.25) is 10.0 Å². The van der Waals surface area contributed by atoms with Crippen molar-refractivity contribution >= 4 is 21.1 Å². The number of aromatic nitrogens is 3. The quantitative estimate of drug-likeness (QED) is 0.495. The fraction of sp³-hybridized carbons (Fsp3) is 0.478. The van der Waals surface area contributed by atoms with E-state index < -0.39 is 21.3 Å². The topological polar surface area (TPSA) is 118 Å². The van der Waals surface area contributed by atoms with Crippen molar-refractivity contribution in [2.45, 2.75) is 38.1 Å². The van der Waals surface area contributed by atoms with E-state index in [1.54, 1.807) is 24.3 Å². The maximum Gasteiger partial charge on any atom is 0.332 e. The number of fused-ring (bicyclic) bond motifs is 1. The molecule has 0 bridgehead atoms. The molecule has 11 heteroatoms. The summed E-state index contributed by atoms with van der Waals surface area (Å²) < 4.78 is 36.6. The molecule has 1 fully saturated rings. The Bertz CT molecular complexity index is 1410. The highest BCUT2D eigenvalue weighted by molar-refractivity contribution is 7.89. The summed E-state index contributed by atoms with van der Waals surface area (Å²) in [6, 6.07) is 6.46. The van der Waals surface area contributed by atoms with Crippen LogP contribution in [0.15, 0.2) is 38.8 Å². The maximum absolute atomic E-state index is 13.3. The summed E-state index contributed by atoms with van der Waals surface area (Å²) in [5, 5.41) is 3.53. The molecule has 2 aromatic heterocycles. The van der Waals surface area contributed by atoms with Crippen molar-refractivity contribution in [2.75, 3.05) is 32.8 Å². The molecule has 0 unspecified atom stereocenters. The van der Waals surface area contributed by atoms with Gasteiger partial charge in [0, 0.05) is 45.3 Å². The molecule has 1 aromatic carbocycles. The first-order valence-electron chi connectivity index (χ1n) is 11.6. The minimum absolute atomic E-state index is 0.158. The molecule has 3 aromatic rings. The van der Waals surface area contributed by atoms with E-state index in [4.69, 9.17) is 4.74 Å². The molecule has 1 aliphatic heterocycles. The number of nitrogens with one attached hydrogen (secondary N) is 2. The minimum Gasteiger partial charge on any atom is -0.493 e. The van der Waals surface area contributed by atoms with Crippen LogP contribution in [0, 0.1) is 0 Å². The highest BCUT2D eigenvalue weighted by atomic mass is 32.2. The Hall–Kier alpha value is -2.89. The Labute approximate surface area is 198 Å². The number of benzene rings is 1. The second-order valence-electron chi connectivity index (χ2n) is 8.40. The van der Waals surface area contributed by atoms with E-state index in [1.807, 2.05) is 13.8 Å². The number of rotatable bonds is 8. The van der Waals surface area contributed by atoms with Gasteiger partial charge in [0.1, 0.15) is 11.4 Å². The van der Waals surface area contributed by atoms with Gasteiger partial charge in [-0.3, -0.25) is 13.9 Å². The highest BCUT2D eigenvalue weighted by Crippen LogP contribution is 2.34. The summed E-state index contributed by atoms with van der Waals surface area (Å²) in [6.07, 6.45) is 1.49. The van der Waals surface area contributed by atoms with Gasteiger partial charge < -0.3 is 15.0 Å². The van der Waals surface area contributed by atoms with Crippen molar-refractivity contribution in [1.29, 1.82) is 0 Å². The molecule has 3 heterocycles. The molecule has 1 aliphatic rings. The first-order chi connectivity index (χ1) is 16.3. The lowest BCUT2D eigenvalue weighted by molar-refractivity contribution is 0.318. The molecule has 10 nitrogen and oxygen atoms in total. The predicted molar refractivity (Wildman–Crippen MR) is 131 cm³/mol. The summed E-state index contributed by atoms with van der Waals surface area (Å²) in [7, 11) is -2.24. The first-order valence-corrected chi connectivity index (χ1v) is 13.0. The molecule has 4 rings (SSSR count). The SMILES string of the molecule is CCCOc1ccc(S(=O)(=O)N2CCNCC2)cc1-c1cc2c(=O)n(C)c(=O)n(CCC)c2[nH]1. The standard InChI is InChI=1S/C23H31N5O5S/c1-4-10-28-21-18(22(29)26(3)23(28)30)15-19(25-21)17-14-16(6-7-20(17)33-13-5-2)34(31,32)27-11-8-24-9-12-27/h6-7,14-15,24-25H,4-5,8-13H2,1-3H3. The minimum atomic E-state index is -3.70. The number of aromatic amines is 1. The number of aryl methyl sites for hydroxylation is 1. The number of nitrogens with zero attached hydrogens (tertiary/aromatic N) is 3. The second-order valence-corrected chi connectivity index (χ2v) is 10.3. The average Bonchev–Trinajstić information content (AvgIpc) is 3.29. The van der Waals surface area contributed by atoms with E-state index in [0.717, 1.165) is 11.0 Å². The molecule has 2 N–H and O–H groups in total. The molecule has 0 radical (unpaired) electrons. The summed E-state index contributed by atoms with van der Waals surface area (Å²) >= 11 is 0. The van der Waals surface area contributed by atoms with Crippen LogP contribution >= 0.6 is 0 Å². The lowest BCUT2D eigenvalue weighted by atomic mass is 10.1. The zero-order chi connectivity index (χ0) is 24.5. The van der Waals surface area contributed by atoms with Gasteiger partial charge in [0.25, 0.3) is 5.56 Å². The van der Waals surface area contributed by atoms with Crippen LogP contribution in [0.1, 0.15) is 26.7 Å². The zero-order valence-electron chi connectivity index (χ0n) is 19.8. The largest absolute Gasteiger partial charge is 0.493 e. The second kappa shape index (κ2) is 9.77. The van der Waals surface area contributed by atoms with Crippen LogP contribution in [-0.2, 0) is 23.6 Å². The third-order valence-corrected chi connectivity index (χ3v) is 7.88. The molecule has 0 aliphatic carbocycles. The number of hydrogen-bond donors (Lipinski definition) is 2. The maximum atomic E-state index is 13.3. The van der Waals surface area contributed by atoms with Crippen molar-refractivity contribution < 1.29 is 13.2 Å². The summed E-state index contributed by atoms with van der Waals surface area (Å²) in [4.78, 5) is 28.9. The van der Waals surface area contributed by atoms with Gasteiger partial charge in [-0.1, -0.05) is 13.8 Å². The van der Waals surface area contributed by atoms with Gasteiger partial charge in [-0.2, -0.15) is 4.31 Å². The summed E-state index contributed by atoms with van der Waals surface area (Å²) in [5.74, 6) is 0.508. The van der Waals surface area contributed by atoms with Gasteiger partial charge in [-0.05, 0) is 37.1 Å². The van der Waals surface area contributed by atoms with Crippen molar-refractivity contribution in [3.8, 4) is 17.0 Å². The van der Waals surface area contributed by atoms with Crippen LogP contribution in [0.4, 0.5) is 0 Å². The molecule has 0 atom stereocenters. The van der Waals surface area contributed by atoms with Gasteiger partial charge in [-0.25, -0.2) is 13.2 Å². The lowest BCUT2D eigenvalue weighted by Crippen LogP contribution is -2.46. The van der Waals surface area contributed by atoms with Crippen LogP contribution in [0.5, 0.6) is 5.75 Å². The molecular formula is C23H31N5O5S. The number of ether oxygens (including phenoxy) is 1. The number of piperazine rings is 1. The lowest BCUT2D eigenvalue weighted by Gasteiger charge is -2.27. The molecule has 0 saturated carbocycles. The molecule has 34 heavy (non-hydrogen) atoms. The normalized spacial score (nSPS) is 15.1. The van der Waals surface area contributed by atoms with Gasteiger partial charge in [0.15, 0.2) is 0 Å². The van der Waals surface area contributed by atoms with E-state index in [-0.39, 0.29) is 4.90 Å². The first kappa shape index (κ1) is 24.2. The van der Waals surface area contributed by atoms with Crippen LogP contribution < -0.4 is 21.3 Å². The molecule has 184 valence electrons. The van der Waals surface area contributed by atoms with Crippen molar-refractivity contribution in [3.63, 3.8) is 0 Å². The number of H-pyrrole nitrogens is 1. The van der Waals surface area contributed by atoms with Crippen LogP contribution in [0.25, 0.3) is 22.3 Å². The monoisotopic (exact) mass is 489 g/mol. The zero-order valence-corrected chi connectivity index (χ0v) is 20.6. The number of sulfonamides is 1. The Morgan fingerprint density at radius 1 is 1.06 bits per heavy atom. The van der Waals surface area contributed by atoms with Gasteiger partial charge >= 0.3 is 5.69 Å². The summed E-state index contributed by atoms with van der Waals surface area (Å²) in [5.41, 5.74) is 0.659. The smallest absolute Gasteiger partial charge is 0.332 e. The van der Waals surface area contributed by atoms with Gasteiger partial charge in [-0.15, -0.1) is 0 Å². The predicted octanol–water partition coefficient (Wildman–Crippen LogP) is 1.49. The van der Waals surface area contributed by atoms with E-state index in [0.29, 0.717) is 73.8 Å². The third-order valence-electron chi connectivity index (χ3n) is 5.98. The van der Waals surface area contributed by atoms with Crippen LogP contribution in [-0.4, -0.2) is 59.6 Å². The average molecular weight is 490 g/mol. The molecular weight excluding hydrogens is 458 g/mol. The molecule has 0 amide bonds. The Kier molecular flexibility index (Phi) is 6.96. The van der Waals surface area contributed by atoms with Crippen LogP contribution in [0.3, 0.4) is 0 Å². The van der Waals surface area contributed by atoms with E-state index in [1.165, 1.54) is 15.9 Å². The Morgan fingerprint density at radius 3 is 2.47 bits per heavy atom. The highest BCUT2D eigenvalue weighted by Gasteiger charge is 2.27. The number of hydrogen-bond acceptors (Lipinski definition) is 6. The Morgan fingerprint density at radius 2 is 1.79 bits per heavy atom. The van der Waals surface area contributed by atoms with E-state index in [2.05, 4.69) is 10.3 Å². The summed E-state index contributed by atoms with van der Waals surface area (Å²) in [6.45, 7) is 6.84. The Balaban J connectivity index is 1.90. The van der Waals surface area contributed by atoms with Crippen molar-refractivity contribution in [2.24, 2.45) is 7.05 Å². The van der Waals surface area contributed by atoms with Crippen molar-refractivity contribution in [1.82, 2.24) is 23.7 Å². The fourth-order valence-corrected chi connectivity index (χ4v) is 5.66. The van der Waals surface area contributed by atoms with Crippen molar-refractivity contribution in [3.05, 3.63) is 45.1 Å².